The molecule has 1 fully saturated rings. The van der Waals surface area contributed by atoms with Crippen molar-refractivity contribution in [2.24, 2.45) is 5.73 Å². The van der Waals surface area contributed by atoms with Gasteiger partial charge < -0.3 is 15.1 Å². The standard InChI is InChI=1S/C13H23N3O2/c1-3-13(18)15-7-10-16(4-2,11-8-15)9-5-6-12(14)17/h3H,1,4-11H2,2H3,(H-,14,17)/p+1. The third kappa shape index (κ3) is 3.84. The van der Waals surface area contributed by atoms with Gasteiger partial charge in [-0.1, -0.05) is 6.58 Å². The predicted molar refractivity (Wildman–Crippen MR) is 70.6 cm³/mol. The summed E-state index contributed by atoms with van der Waals surface area (Å²) in [5.74, 6) is -0.217. The maximum Gasteiger partial charge on any atom is 0.246 e. The van der Waals surface area contributed by atoms with Crippen LogP contribution in [0.4, 0.5) is 0 Å². The summed E-state index contributed by atoms with van der Waals surface area (Å²) in [4.78, 5) is 24.1. The van der Waals surface area contributed by atoms with E-state index in [2.05, 4.69) is 13.5 Å². The number of likely N-dealkylation sites (N-methyl/N-ethyl adjacent to an activating group) is 1. The molecule has 0 aromatic rings. The van der Waals surface area contributed by atoms with Crippen LogP contribution in [0.3, 0.4) is 0 Å². The van der Waals surface area contributed by atoms with Crippen molar-refractivity contribution in [1.82, 2.24) is 4.90 Å². The highest BCUT2D eigenvalue weighted by molar-refractivity contribution is 5.87. The van der Waals surface area contributed by atoms with Crippen molar-refractivity contribution >= 4 is 11.8 Å². The fourth-order valence-corrected chi connectivity index (χ4v) is 2.53. The maximum atomic E-state index is 11.5. The van der Waals surface area contributed by atoms with Gasteiger partial charge in [-0.2, -0.15) is 0 Å². The number of piperazine rings is 1. The number of carbonyl (C=O) groups excluding carboxylic acids is 2. The van der Waals surface area contributed by atoms with Crippen LogP contribution in [0.15, 0.2) is 12.7 Å². The first-order valence-electron chi connectivity index (χ1n) is 6.58. The van der Waals surface area contributed by atoms with Gasteiger partial charge in [0.2, 0.25) is 11.8 Å². The smallest absolute Gasteiger partial charge is 0.246 e. The van der Waals surface area contributed by atoms with E-state index in [1.807, 2.05) is 4.90 Å². The lowest BCUT2D eigenvalue weighted by Crippen LogP contribution is -2.60. The van der Waals surface area contributed by atoms with Gasteiger partial charge >= 0.3 is 0 Å². The van der Waals surface area contributed by atoms with Gasteiger partial charge in [-0.25, -0.2) is 0 Å². The minimum Gasteiger partial charge on any atom is -0.370 e. The van der Waals surface area contributed by atoms with Crippen molar-refractivity contribution in [3.8, 4) is 0 Å². The Hall–Kier alpha value is -1.36. The van der Waals surface area contributed by atoms with Crippen LogP contribution in [0.2, 0.25) is 0 Å². The minimum absolute atomic E-state index is 0.0149. The molecule has 1 rings (SSSR count). The molecule has 2 N–H and O–H groups in total. The Morgan fingerprint density at radius 1 is 1.39 bits per heavy atom. The van der Waals surface area contributed by atoms with Gasteiger partial charge in [-0.3, -0.25) is 9.59 Å². The normalized spacial score (nSPS) is 18.4. The van der Waals surface area contributed by atoms with Crippen molar-refractivity contribution in [2.45, 2.75) is 19.8 Å². The summed E-state index contributed by atoms with van der Waals surface area (Å²) in [5, 5.41) is 0. The summed E-state index contributed by atoms with van der Waals surface area (Å²) in [6.45, 7) is 11.1. The molecule has 1 aliphatic rings. The van der Waals surface area contributed by atoms with Crippen molar-refractivity contribution in [3.05, 3.63) is 12.7 Å². The zero-order chi connectivity index (χ0) is 13.6. The molecule has 1 heterocycles. The summed E-state index contributed by atoms with van der Waals surface area (Å²) < 4.78 is 0.980. The van der Waals surface area contributed by atoms with Gasteiger partial charge in [0.15, 0.2) is 0 Å². The molecule has 18 heavy (non-hydrogen) atoms. The van der Waals surface area contributed by atoms with Crippen LogP contribution in [0.1, 0.15) is 19.8 Å². The minimum atomic E-state index is -0.232. The molecule has 0 aromatic carbocycles. The average molecular weight is 254 g/mol. The summed E-state index contributed by atoms with van der Waals surface area (Å²) in [7, 11) is 0. The number of nitrogens with zero attached hydrogens (tertiary/aromatic N) is 2. The third-order valence-electron chi connectivity index (χ3n) is 3.90. The highest BCUT2D eigenvalue weighted by Crippen LogP contribution is 2.15. The summed E-state index contributed by atoms with van der Waals surface area (Å²) in [5.41, 5.74) is 5.16. The van der Waals surface area contributed by atoms with Gasteiger partial charge in [-0.05, 0) is 13.0 Å². The first kappa shape index (κ1) is 14.7. The molecule has 102 valence electrons. The molecular formula is C13H24N3O2+. The van der Waals surface area contributed by atoms with Crippen LogP contribution in [-0.2, 0) is 9.59 Å². The quantitative estimate of drug-likeness (QED) is 0.540. The van der Waals surface area contributed by atoms with Crippen LogP contribution in [-0.4, -0.2) is 60.5 Å². The second-order valence-electron chi connectivity index (χ2n) is 4.93. The fourth-order valence-electron chi connectivity index (χ4n) is 2.53. The Bertz CT molecular complexity index is 320. The maximum absolute atomic E-state index is 11.5. The Morgan fingerprint density at radius 3 is 2.44 bits per heavy atom. The molecule has 0 unspecified atom stereocenters. The SMILES string of the molecule is C=CC(=O)N1CC[N+](CC)(CCCC(N)=O)CC1. The first-order valence-corrected chi connectivity index (χ1v) is 6.58. The number of hydrogen-bond donors (Lipinski definition) is 1. The largest absolute Gasteiger partial charge is 0.370 e. The molecule has 5 heteroatoms. The number of primary amides is 1. The molecule has 2 amide bonds. The zero-order valence-corrected chi connectivity index (χ0v) is 11.2. The summed E-state index contributed by atoms with van der Waals surface area (Å²) >= 11 is 0. The predicted octanol–water partition coefficient (Wildman–Crippen LogP) is 0.117. The molecule has 1 aliphatic heterocycles. The van der Waals surface area contributed by atoms with Crippen LogP contribution in [0.25, 0.3) is 0 Å². The molecule has 0 atom stereocenters. The van der Waals surface area contributed by atoms with Crippen molar-refractivity contribution in [2.75, 3.05) is 39.3 Å². The van der Waals surface area contributed by atoms with E-state index in [9.17, 15) is 9.59 Å². The second-order valence-corrected chi connectivity index (χ2v) is 4.93. The monoisotopic (exact) mass is 254 g/mol. The number of nitrogens with two attached hydrogens (primary N) is 1. The van der Waals surface area contributed by atoms with Gasteiger partial charge in [0.25, 0.3) is 0 Å². The van der Waals surface area contributed by atoms with Gasteiger partial charge in [0.05, 0.1) is 39.3 Å². The highest BCUT2D eigenvalue weighted by atomic mass is 16.2. The Balaban J connectivity index is 2.46. The van der Waals surface area contributed by atoms with Gasteiger partial charge in [0, 0.05) is 12.8 Å². The topological polar surface area (TPSA) is 63.4 Å². The number of hydrogen-bond acceptors (Lipinski definition) is 2. The number of amides is 2. The van der Waals surface area contributed by atoms with Crippen molar-refractivity contribution in [3.63, 3.8) is 0 Å². The molecule has 5 nitrogen and oxygen atoms in total. The molecule has 0 aromatic heterocycles. The van der Waals surface area contributed by atoms with Crippen LogP contribution in [0.5, 0.6) is 0 Å². The molecule has 0 spiro atoms. The van der Waals surface area contributed by atoms with Crippen molar-refractivity contribution < 1.29 is 14.1 Å². The van der Waals surface area contributed by atoms with E-state index in [0.29, 0.717) is 6.42 Å². The van der Waals surface area contributed by atoms with E-state index in [4.69, 9.17) is 5.73 Å². The lowest BCUT2D eigenvalue weighted by atomic mass is 10.2. The Morgan fingerprint density at radius 2 is 2.00 bits per heavy atom. The molecule has 0 radical (unpaired) electrons. The average Bonchev–Trinajstić information content (AvgIpc) is 2.38. The number of carbonyl (C=O) groups is 2. The van der Waals surface area contributed by atoms with Crippen LogP contribution < -0.4 is 5.73 Å². The summed E-state index contributed by atoms with van der Waals surface area (Å²) in [6, 6.07) is 0. The Labute approximate surface area is 109 Å². The number of rotatable bonds is 6. The van der Waals surface area contributed by atoms with E-state index in [0.717, 1.165) is 50.2 Å². The van der Waals surface area contributed by atoms with E-state index >= 15 is 0 Å². The zero-order valence-electron chi connectivity index (χ0n) is 11.2. The van der Waals surface area contributed by atoms with Crippen LogP contribution >= 0.6 is 0 Å². The number of quaternary nitrogens is 1. The van der Waals surface area contributed by atoms with E-state index in [1.165, 1.54) is 6.08 Å². The van der Waals surface area contributed by atoms with Gasteiger partial charge in [0.1, 0.15) is 0 Å². The molecule has 1 saturated heterocycles. The second kappa shape index (κ2) is 6.54. The lowest BCUT2D eigenvalue weighted by molar-refractivity contribution is -0.930. The van der Waals surface area contributed by atoms with Gasteiger partial charge in [-0.15, -0.1) is 0 Å². The third-order valence-corrected chi connectivity index (χ3v) is 3.90. The summed E-state index contributed by atoms with van der Waals surface area (Å²) in [6.07, 6.45) is 2.66. The molecule has 0 saturated carbocycles. The molecule has 0 bridgehead atoms. The van der Waals surface area contributed by atoms with E-state index < -0.39 is 0 Å². The van der Waals surface area contributed by atoms with E-state index in [-0.39, 0.29) is 11.8 Å². The van der Waals surface area contributed by atoms with Crippen molar-refractivity contribution in [1.29, 1.82) is 0 Å². The lowest BCUT2D eigenvalue weighted by Gasteiger charge is -2.44. The molecular weight excluding hydrogens is 230 g/mol. The highest BCUT2D eigenvalue weighted by Gasteiger charge is 2.32. The fraction of sp³-hybridized carbons (Fsp3) is 0.692. The first-order chi connectivity index (χ1) is 8.53. The van der Waals surface area contributed by atoms with E-state index in [1.54, 1.807) is 0 Å². The Kier molecular flexibility index (Phi) is 5.34. The van der Waals surface area contributed by atoms with Crippen LogP contribution in [0, 0.1) is 0 Å². The molecule has 0 aliphatic carbocycles.